The molecule has 29 heavy (non-hydrogen) atoms. The van der Waals surface area contributed by atoms with Crippen LogP contribution in [0, 0.1) is 11.3 Å². The molecule has 1 aliphatic carbocycles. The first-order valence-corrected chi connectivity index (χ1v) is 12.1. The van der Waals surface area contributed by atoms with E-state index in [0.29, 0.717) is 5.92 Å². The zero-order chi connectivity index (χ0) is 22.2. The molecule has 0 aliphatic heterocycles. The van der Waals surface area contributed by atoms with Gasteiger partial charge in [0.1, 0.15) is 0 Å². The van der Waals surface area contributed by atoms with E-state index in [-0.39, 0.29) is 16.6 Å². The lowest BCUT2D eigenvalue weighted by atomic mass is 9.68. The van der Waals surface area contributed by atoms with Gasteiger partial charge in [-0.15, -0.1) is 0 Å². The third-order valence-electron chi connectivity index (χ3n) is 6.42. The fourth-order valence-corrected chi connectivity index (χ4v) is 4.27. The molecule has 0 amide bonds. The minimum atomic E-state index is -0.885. The lowest BCUT2D eigenvalue weighted by Crippen LogP contribution is -2.55. The molecule has 0 spiro atoms. The fourth-order valence-electron chi connectivity index (χ4n) is 4.27. The summed E-state index contributed by atoms with van der Waals surface area (Å²) in [7, 11) is 0. The van der Waals surface area contributed by atoms with E-state index in [1.807, 2.05) is 0 Å². The van der Waals surface area contributed by atoms with Gasteiger partial charge in [-0.2, -0.15) is 9.78 Å². The maximum Gasteiger partial charge on any atom is 0.239 e. The highest BCUT2D eigenvalue weighted by Crippen LogP contribution is 2.50. The second-order valence-corrected chi connectivity index (χ2v) is 11.3. The van der Waals surface area contributed by atoms with E-state index in [9.17, 15) is 0 Å². The Labute approximate surface area is 181 Å². The van der Waals surface area contributed by atoms with Crippen molar-refractivity contribution in [2.75, 3.05) is 0 Å². The quantitative estimate of drug-likeness (QED) is 0.124. The molecule has 0 N–H and O–H groups in total. The maximum atomic E-state index is 6.20. The first-order chi connectivity index (χ1) is 13.4. The number of unbranched alkanes of at least 4 members (excludes halogenated alkanes) is 4. The van der Waals surface area contributed by atoms with E-state index >= 15 is 0 Å². The van der Waals surface area contributed by atoms with Crippen molar-refractivity contribution < 1.29 is 19.6 Å². The highest BCUT2D eigenvalue weighted by molar-refractivity contribution is 4.92. The Morgan fingerprint density at radius 3 is 1.62 bits per heavy atom. The molecule has 0 heterocycles. The average molecular weight is 415 g/mol. The van der Waals surface area contributed by atoms with Crippen LogP contribution in [0.1, 0.15) is 133 Å². The predicted molar refractivity (Wildman–Crippen MR) is 120 cm³/mol. The predicted octanol–water partition coefficient (Wildman–Crippen LogP) is 8.14. The summed E-state index contributed by atoms with van der Waals surface area (Å²) < 4.78 is 0. The molecule has 4 nitrogen and oxygen atoms in total. The summed E-state index contributed by atoms with van der Waals surface area (Å²) in [6, 6.07) is 0. The molecule has 174 valence electrons. The average Bonchev–Trinajstić information content (AvgIpc) is 2.60. The van der Waals surface area contributed by atoms with E-state index in [4.69, 9.17) is 19.6 Å². The van der Waals surface area contributed by atoms with Crippen LogP contribution in [-0.2, 0) is 19.6 Å². The molecule has 1 unspecified atom stereocenters. The smallest absolute Gasteiger partial charge is 0.228 e. The minimum absolute atomic E-state index is 0.205. The van der Waals surface area contributed by atoms with Gasteiger partial charge in [-0.25, -0.2) is 9.78 Å². The first-order valence-electron chi connectivity index (χ1n) is 12.1. The molecule has 0 aromatic carbocycles. The molecular formula is C25H50O4. The summed E-state index contributed by atoms with van der Waals surface area (Å²) in [5.74, 6) is -0.246. The molecule has 0 saturated heterocycles. The van der Waals surface area contributed by atoms with Crippen LogP contribution in [0.15, 0.2) is 0 Å². The second-order valence-electron chi connectivity index (χ2n) is 11.3. The van der Waals surface area contributed by atoms with E-state index in [0.717, 1.165) is 44.9 Å². The second kappa shape index (κ2) is 11.5. The largest absolute Gasteiger partial charge is 0.239 e. The Hall–Kier alpha value is -0.160. The third kappa shape index (κ3) is 8.85. The van der Waals surface area contributed by atoms with E-state index in [1.165, 1.54) is 25.7 Å². The number of hydrogen-bond donors (Lipinski definition) is 0. The molecule has 1 aliphatic rings. The maximum absolute atomic E-state index is 6.20. The molecule has 1 atom stereocenters. The van der Waals surface area contributed by atoms with Crippen molar-refractivity contribution in [3.05, 3.63) is 0 Å². The third-order valence-corrected chi connectivity index (χ3v) is 6.42. The summed E-state index contributed by atoms with van der Waals surface area (Å²) >= 11 is 0. The molecule has 0 radical (unpaired) electrons. The Kier molecular flexibility index (Phi) is 10.6. The zero-order valence-electron chi connectivity index (χ0n) is 21.0. The van der Waals surface area contributed by atoms with Crippen molar-refractivity contribution in [1.82, 2.24) is 0 Å². The SMILES string of the molecule is CCCCCC(C)(C)OOC1(OOC(C)(C)CCCCC)CCC(C)CC1(C)C. The molecule has 1 saturated carbocycles. The van der Waals surface area contributed by atoms with Crippen molar-refractivity contribution >= 4 is 0 Å². The number of hydrogen-bond acceptors (Lipinski definition) is 4. The van der Waals surface area contributed by atoms with Gasteiger partial charge in [-0.1, -0.05) is 73.1 Å². The van der Waals surface area contributed by atoms with Crippen molar-refractivity contribution in [3.8, 4) is 0 Å². The Bertz CT molecular complexity index is 430. The van der Waals surface area contributed by atoms with Gasteiger partial charge in [0.15, 0.2) is 0 Å². The van der Waals surface area contributed by atoms with E-state index < -0.39 is 5.79 Å². The molecule has 1 rings (SSSR count). The van der Waals surface area contributed by atoms with Gasteiger partial charge < -0.3 is 0 Å². The van der Waals surface area contributed by atoms with Gasteiger partial charge in [0.2, 0.25) is 5.79 Å². The summed E-state index contributed by atoms with van der Waals surface area (Å²) in [4.78, 5) is 24.5. The van der Waals surface area contributed by atoms with E-state index in [1.54, 1.807) is 0 Å². The van der Waals surface area contributed by atoms with Crippen LogP contribution < -0.4 is 0 Å². The number of rotatable bonds is 14. The van der Waals surface area contributed by atoms with Gasteiger partial charge in [0, 0.05) is 11.8 Å². The molecular weight excluding hydrogens is 364 g/mol. The first kappa shape index (κ1) is 26.9. The summed E-state index contributed by atoms with van der Waals surface area (Å²) in [5.41, 5.74) is -0.897. The van der Waals surface area contributed by atoms with E-state index in [2.05, 4.69) is 62.3 Å². The minimum Gasteiger partial charge on any atom is -0.228 e. The Balaban J connectivity index is 2.85. The molecule has 4 heteroatoms. The van der Waals surface area contributed by atoms with Crippen LogP contribution in [0.5, 0.6) is 0 Å². The van der Waals surface area contributed by atoms with Crippen LogP contribution in [-0.4, -0.2) is 17.0 Å². The van der Waals surface area contributed by atoms with Crippen LogP contribution in [0.25, 0.3) is 0 Å². The van der Waals surface area contributed by atoms with Crippen molar-refractivity contribution in [1.29, 1.82) is 0 Å². The normalized spacial score (nSPS) is 22.0. The van der Waals surface area contributed by atoms with Crippen LogP contribution in [0.3, 0.4) is 0 Å². The van der Waals surface area contributed by atoms with Crippen molar-refractivity contribution in [2.45, 2.75) is 150 Å². The summed E-state index contributed by atoms with van der Waals surface area (Å²) in [6.45, 7) is 19.6. The topological polar surface area (TPSA) is 36.9 Å². The summed E-state index contributed by atoms with van der Waals surface area (Å²) in [6.07, 6.45) is 11.9. The molecule has 1 fully saturated rings. The standard InChI is InChI=1S/C25H50O4/c1-10-12-14-17-23(6,7)26-28-25(19-16-21(3)20-22(25,4)5)29-27-24(8,9)18-15-13-11-2/h21H,10-20H2,1-9H3. The van der Waals surface area contributed by atoms with Crippen LogP contribution in [0.4, 0.5) is 0 Å². The van der Waals surface area contributed by atoms with Gasteiger partial charge >= 0.3 is 0 Å². The fraction of sp³-hybridized carbons (Fsp3) is 1.00. The van der Waals surface area contributed by atoms with Crippen LogP contribution in [0.2, 0.25) is 0 Å². The molecule has 0 bridgehead atoms. The lowest BCUT2D eigenvalue weighted by molar-refractivity contribution is -0.569. The highest BCUT2D eigenvalue weighted by atomic mass is 17.3. The van der Waals surface area contributed by atoms with Gasteiger partial charge in [0.25, 0.3) is 0 Å². The van der Waals surface area contributed by atoms with Gasteiger partial charge in [-0.05, 0) is 59.3 Å². The van der Waals surface area contributed by atoms with Crippen LogP contribution >= 0.6 is 0 Å². The highest BCUT2D eigenvalue weighted by Gasteiger charge is 2.54. The van der Waals surface area contributed by atoms with Crippen molar-refractivity contribution in [3.63, 3.8) is 0 Å². The van der Waals surface area contributed by atoms with Gasteiger partial charge in [-0.3, -0.25) is 0 Å². The Morgan fingerprint density at radius 2 is 1.24 bits per heavy atom. The van der Waals surface area contributed by atoms with Gasteiger partial charge in [0.05, 0.1) is 11.2 Å². The molecule has 0 aromatic heterocycles. The van der Waals surface area contributed by atoms with Crippen molar-refractivity contribution in [2.24, 2.45) is 11.3 Å². The molecule has 0 aromatic rings. The zero-order valence-corrected chi connectivity index (χ0v) is 21.0. The monoisotopic (exact) mass is 414 g/mol. The Morgan fingerprint density at radius 1 is 0.793 bits per heavy atom. The summed E-state index contributed by atoms with van der Waals surface area (Å²) in [5, 5.41) is 0. The lowest BCUT2D eigenvalue weighted by Gasteiger charge is -2.49.